The maximum Gasteiger partial charge on any atom is 0.180 e. The van der Waals surface area contributed by atoms with Gasteiger partial charge < -0.3 is 9.84 Å². The van der Waals surface area contributed by atoms with Gasteiger partial charge in [0.05, 0.1) is 0 Å². The molecule has 0 saturated heterocycles. The second-order valence-corrected chi connectivity index (χ2v) is 8.08. The molecule has 2 nitrogen and oxygen atoms in total. The van der Waals surface area contributed by atoms with Crippen LogP contribution in [0, 0.1) is 0 Å². The Morgan fingerprint density at radius 3 is 1.58 bits per heavy atom. The first-order valence-corrected chi connectivity index (χ1v) is 8.42. The van der Waals surface area contributed by atoms with E-state index in [1.807, 2.05) is 30.3 Å². The molecule has 2 aromatic carbocycles. The van der Waals surface area contributed by atoms with Gasteiger partial charge >= 0.3 is 0 Å². The van der Waals surface area contributed by atoms with Crippen molar-refractivity contribution < 1.29 is 9.84 Å². The van der Waals surface area contributed by atoms with E-state index in [4.69, 9.17) is 9.84 Å². The van der Waals surface area contributed by atoms with Gasteiger partial charge in [-0.2, -0.15) is 0 Å². The Bertz CT molecular complexity index is 575. The number of hydrogen-bond donors (Lipinski definition) is 1. The zero-order valence-electron chi connectivity index (χ0n) is 16.1. The molecule has 0 spiro atoms. The first-order valence-electron chi connectivity index (χ1n) is 8.42. The molecule has 0 heterocycles. The molecule has 0 aliphatic carbocycles. The van der Waals surface area contributed by atoms with E-state index in [-0.39, 0.29) is 10.8 Å². The fraction of sp³-hybridized carbons (Fsp3) is 0.455. The Kier molecular flexibility index (Phi) is 7.19. The third-order valence-electron chi connectivity index (χ3n) is 3.90. The van der Waals surface area contributed by atoms with E-state index in [1.165, 1.54) is 18.2 Å². The molecule has 1 unspecified atom stereocenters. The van der Waals surface area contributed by atoms with Gasteiger partial charge in [0.2, 0.25) is 0 Å². The summed E-state index contributed by atoms with van der Waals surface area (Å²) >= 11 is 0. The predicted octanol–water partition coefficient (Wildman–Crippen LogP) is 5.61. The van der Waals surface area contributed by atoms with Crippen molar-refractivity contribution in [2.45, 2.75) is 58.7 Å². The van der Waals surface area contributed by atoms with Crippen LogP contribution in [0.15, 0.2) is 54.6 Å². The molecule has 0 saturated carbocycles. The van der Waals surface area contributed by atoms with Crippen LogP contribution in [0.2, 0.25) is 0 Å². The number of ether oxygens (including phenoxy) is 1. The standard InChI is InChI=1S/C14H22.C8H10O2/c1-13(2,3)11-8-7-9-12(10-11)14(4,5)6;1-10-8(9)7-5-3-2-4-6-7/h7-10H,1-6H3;2-6,8-9H,1H3. The van der Waals surface area contributed by atoms with Crippen LogP contribution in [0.3, 0.4) is 0 Å². The lowest BCUT2D eigenvalue weighted by molar-refractivity contribution is -0.0769. The van der Waals surface area contributed by atoms with Crippen LogP contribution in [0.25, 0.3) is 0 Å². The third kappa shape index (κ3) is 6.46. The van der Waals surface area contributed by atoms with Crippen molar-refractivity contribution in [1.82, 2.24) is 0 Å². The molecule has 0 aromatic heterocycles. The van der Waals surface area contributed by atoms with Gasteiger partial charge in [-0.3, -0.25) is 0 Å². The summed E-state index contributed by atoms with van der Waals surface area (Å²) in [5, 5.41) is 9.11. The zero-order chi connectivity index (χ0) is 18.4. The molecular formula is C22H32O2. The van der Waals surface area contributed by atoms with Crippen molar-refractivity contribution in [3.8, 4) is 0 Å². The van der Waals surface area contributed by atoms with E-state index in [2.05, 4.69) is 65.8 Å². The molecule has 2 heteroatoms. The van der Waals surface area contributed by atoms with Gasteiger partial charge in [-0.15, -0.1) is 0 Å². The molecule has 0 radical (unpaired) electrons. The van der Waals surface area contributed by atoms with Crippen molar-refractivity contribution in [2.24, 2.45) is 0 Å². The average Bonchev–Trinajstić information content (AvgIpc) is 2.54. The summed E-state index contributed by atoms with van der Waals surface area (Å²) in [4.78, 5) is 0. The van der Waals surface area contributed by atoms with Crippen LogP contribution < -0.4 is 0 Å². The minimum absolute atomic E-state index is 0.251. The SMILES string of the molecule is CC(C)(C)c1cccc(C(C)(C)C)c1.COC(O)c1ccccc1. The molecule has 1 atom stereocenters. The zero-order valence-corrected chi connectivity index (χ0v) is 16.1. The number of aliphatic hydroxyl groups is 1. The highest BCUT2D eigenvalue weighted by Gasteiger charge is 2.18. The van der Waals surface area contributed by atoms with Crippen LogP contribution in [0.1, 0.15) is 64.5 Å². The number of hydrogen-bond acceptors (Lipinski definition) is 2. The highest BCUT2D eigenvalue weighted by atomic mass is 16.6. The molecule has 132 valence electrons. The maximum atomic E-state index is 9.11. The largest absolute Gasteiger partial charge is 0.364 e. The lowest BCUT2D eigenvalue weighted by atomic mass is 9.81. The van der Waals surface area contributed by atoms with Crippen molar-refractivity contribution in [2.75, 3.05) is 7.11 Å². The van der Waals surface area contributed by atoms with E-state index in [0.29, 0.717) is 0 Å². The Morgan fingerprint density at radius 1 is 0.750 bits per heavy atom. The van der Waals surface area contributed by atoms with E-state index >= 15 is 0 Å². The van der Waals surface area contributed by atoms with Gasteiger partial charge in [-0.05, 0) is 22.0 Å². The average molecular weight is 328 g/mol. The van der Waals surface area contributed by atoms with Gasteiger partial charge in [-0.1, -0.05) is 96.1 Å². The Hall–Kier alpha value is -1.64. The van der Waals surface area contributed by atoms with Crippen LogP contribution >= 0.6 is 0 Å². The smallest absolute Gasteiger partial charge is 0.180 e. The highest BCUT2D eigenvalue weighted by molar-refractivity contribution is 5.32. The van der Waals surface area contributed by atoms with E-state index in [1.54, 1.807) is 0 Å². The molecule has 0 amide bonds. The lowest BCUT2D eigenvalue weighted by Gasteiger charge is -2.24. The number of rotatable bonds is 2. The summed E-state index contributed by atoms with van der Waals surface area (Å²) in [5.74, 6) is 0. The van der Waals surface area contributed by atoms with Gasteiger partial charge in [-0.25, -0.2) is 0 Å². The Balaban J connectivity index is 0.000000254. The fourth-order valence-corrected chi connectivity index (χ4v) is 2.21. The van der Waals surface area contributed by atoms with Crippen LogP contribution in [-0.4, -0.2) is 12.2 Å². The summed E-state index contributed by atoms with van der Waals surface area (Å²) in [7, 11) is 1.47. The summed E-state index contributed by atoms with van der Waals surface area (Å²) in [6, 6.07) is 18.2. The van der Waals surface area contributed by atoms with E-state index < -0.39 is 6.29 Å². The van der Waals surface area contributed by atoms with Gasteiger partial charge in [0.1, 0.15) is 0 Å². The van der Waals surface area contributed by atoms with Gasteiger partial charge in [0.15, 0.2) is 6.29 Å². The van der Waals surface area contributed by atoms with Gasteiger partial charge in [0.25, 0.3) is 0 Å². The van der Waals surface area contributed by atoms with Crippen molar-refractivity contribution in [1.29, 1.82) is 0 Å². The molecule has 2 rings (SSSR count). The summed E-state index contributed by atoms with van der Waals surface area (Å²) in [6.07, 6.45) is -0.791. The molecule has 2 aromatic rings. The van der Waals surface area contributed by atoms with Gasteiger partial charge in [0, 0.05) is 12.7 Å². The van der Waals surface area contributed by atoms with E-state index in [0.717, 1.165) is 5.56 Å². The second-order valence-electron chi connectivity index (χ2n) is 8.08. The lowest BCUT2D eigenvalue weighted by Crippen LogP contribution is -2.15. The predicted molar refractivity (Wildman–Crippen MR) is 102 cm³/mol. The summed E-state index contributed by atoms with van der Waals surface area (Å²) in [5.41, 5.74) is 4.13. The highest BCUT2D eigenvalue weighted by Crippen LogP contribution is 2.28. The van der Waals surface area contributed by atoms with Crippen molar-refractivity contribution in [3.63, 3.8) is 0 Å². The molecule has 0 aliphatic heterocycles. The first-order chi connectivity index (χ1) is 11.1. The quantitative estimate of drug-likeness (QED) is 0.727. The fourth-order valence-electron chi connectivity index (χ4n) is 2.21. The Morgan fingerprint density at radius 2 is 1.21 bits per heavy atom. The number of methoxy groups -OCH3 is 1. The Labute approximate surface area is 147 Å². The summed E-state index contributed by atoms with van der Waals surface area (Å²) < 4.78 is 4.69. The van der Waals surface area contributed by atoms with Crippen LogP contribution in [0.4, 0.5) is 0 Å². The molecule has 0 bridgehead atoms. The molecule has 0 fully saturated rings. The molecule has 1 N–H and O–H groups in total. The topological polar surface area (TPSA) is 29.5 Å². The normalized spacial score (nSPS) is 13.0. The van der Waals surface area contributed by atoms with Crippen LogP contribution in [0.5, 0.6) is 0 Å². The van der Waals surface area contributed by atoms with E-state index in [9.17, 15) is 0 Å². The van der Waals surface area contributed by atoms with Crippen molar-refractivity contribution >= 4 is 0 Å². The first kappa shape index (κ1) is 20.4. The third-order valence-corrected chi connectivity index (χ3v) is 3.90. The molecule has 24 heavy (non-hydrogen) atoms. The minimum Gasteiger partial charge on any atom is -0.364 e. The molecular weight excluding hydrogens is 296 g/mol. The second kappa shape index (κ2) is 8.46. The van der Waals surface area contributed by atoms with Crippen molar-refractivity contribution in [3.05, 3.63) is 71.3 Å². The summed E-state index contributed by atoms with van der Waals surface area (Å²) in [6.45, 7) is 13.6. The number of benzene rings is 2. The van der Waals surface area contributed by atoms with Crippen LogP contribution in [-0.2, 0) is 15.6 Å². The molecule has 0 aliphatic rings. The minimum atomic E-state index is -0.791. The maximum absolute atomic E-state index is 9.11. The number of aliphatic hydroxyl groups excluding tert-OH is 1. The monoisotopic (exact) mass is 328 g/mol.